The van der Waals surface area contributed by atoms with E-state index in [9.17, 15) is 13.9 Å². The fraction of sp³-hybridized carbons (Fsp3) is 0.462. The molecule has 1 saturated carbocycles. The lowest BCUT2D eigenvalue weighted by Gasteiger charge is -2.56. The van der Waals surface area contributed by atoms with Crippen molar-refractivity contribution < 1.29 is 18.6 Å². The van der Waals surface area contributed by atoms with Gasteiger partial charge in [0.1, 0.15) is 17.4 Å². The topological polar surface area (TPSA) is 51.7 Å². The van der Waals surface area contributed by atoms with Crippen molar-refractivity contribution in [3.8, 4) is 5.75 Å². The van der Waals surface area contributed by atoms with Crippen LogP contribution in [0.2, 0.25) is 0 Å². The Morgan fingerprint density at radius 3 is 2.67 bits per heavy atom. The number of H-pyrrole nitrogens is 1. The lowest BCUT2D eigenvalue weighted by molar-refractivity contribution is -0.0107. The number of benzene rings is 2. The number of hydrogen-bond donors (Lipinski definition) is 2. The number of methoxy groups -OCH3 is 1. The molecule has 7 heteroatoms. The van der Waals surface area contributed by atoms with E-state index in [4.69, 9.17) is 4.74 Å². The predicted octanol–water partition coefficient (Wildman–Crippen LogP) is 3.97. The molecule has 0 bridgehead atoms. The summed E-state index contributed by atoms with van der Waals surface area (Å²) in [6.45, 7) is 3.86. The molecule has 2 aromatic carbocycles. The van der Waals surface area contributed by atoms with Crippen molar-refractivity contribution in [1.82, 2.24) is 14.8 Å². The van der Waals surface area contributed by atoms with E-state index in [2.05, 4.69) is 20.9 Å². The quantitative estimate of drug-likeness (QED) is 0.593. The van der Waals surface area contributed by atoms with Gasteiger partial charge >= 0.3 is 0 Å². The number of aromatic amines is 1. The lowest BCUT2D eigenvalue weighted by Crippen LogP contribution is -2.66. The maximum atomic E-state index is 14.3. The first kappa shape index (κ1) is 21.1. The number of nitrogens with zero attached hydrogens (tertiary/aromatic N) is 2. The first-order chi connectivity index (χ1) is 16.0. The summed E-state index contributed by atoms with van der Waals surface area (Å²) in [6, 6.07) is 9.70. The molecule has 1 saturated heterocycles. The molecule has 3 aromatic rings. The van der Waals surface area contributed by atoms with Crippen molar-refractivity contribution in [1.29, 1.82) is 0 Å². The number of likely N-dealkylation sites (tertiary alicyclic amines) is 1. The second kappa shape index (κ2) is 7.79. The van der Waals surface area contributed by atoms with Crippen LogP contribution < -0.4 is 4.74 Å². The number of nitrogens with one attached hydrogen (secondary N) is 1. The fourth-order valence-electron chi connectivity index (χ4n) is 6.02. The molecule has 33 heavy (non-hydrogen) atoms. The molecule has 0 amide bonds. The van der Waals surface area contributed by atoms with Gasteiger partial charge in [-0.05, 0) is 54.7 Å². The van der Waals surface area contributed by atoms with Crippen molar-refractivity contribution in [3.63, 3.8) is 0 Å². The minimum Gasteiger partial charge on any atom is -0.497 e. The van der Waals surface area contributed by atoms with E-state index in [1.54, 1.807) is 7.11 Å². The standard InChI is InChI=1S/C26H29F2N3O2/c1-33-19-5-6-20-22(9-19)29-25-23(12-32)31(10-16-2-3-16)15-26(24(20)25)13-30(14-26)11-17-8-18(27)4-7-21(17)28/h4-9,16,23,29,32H,2-3,10-15H2,1H3/t23-/m0/s1. The minimum absolute atomic E-state index is 0.0562. The molecule has 1 aromatic heterocycles. The van der Waals surface area contributed by atoms with Crippen molar-refractivity contribution >= 4 is 10.9 Å². The highest BCUT2D eigenvalue weighted by molar-refractivity contribution is 5.88. The third-order valence-corrected chi connectivity index (χ3v) is 7.66. The molecular weight excluding hydrogens is 424 g/mol. The van der Waals surface area contributed by atoms with Crippen LogP contribution >= 0.6 is 0 Å². The van der Waals surface area contributed by atoms with E-state index in [1.807, 2.05) is 12.1 Å². The van der Waals surface area contributed by atoms with Crippen LogP contribution in [0, 0.1) is 17.6 Å². The molecule has 0 radical (unpaired) electrons. The average Bonchev–Trinajstić information content (AvgIpc) is 3.51. The number of aromatic nitrogens is 1. The molecule has 1 aliphatic carbocycles. The first-order valence-electron chi connectivity index (χ1n) is 11.7. The molecule has 2 fully saturated rings. The van der Waals surface area contributed by atoms with Crippen LogP contribution in [-0.2, 0) is 12.0 Å². The summed E-state index contributed by atoms with van der Waals surface area (Å²) in [4.78, 5) is 8.24. The van der Waals surface area contributed by atoms with Crippen LogP contribution in [0.4, 0.5) is 8.78 Å². The Balaban J connectivity index is 1.37. The Kier molecular flexibility index (Phi) is 4.98. The van der Waals surface area contributed by atoms with Crippen LogP contribution in [-0.4, -0.2) is 59.8 Å². The lowest BCUT2D eigenvalue weighted by atomic mass is 9.68. The van der Waals surface area contributed by atoms with Gasteiger partial charge in [0.05, 0.1) is 19.8 Å². The third kappa shape index (κ3) is 3.54. The highest BCUT2D eigenvalue weighted by atomic mass is 19.1. The summed E-state index contributed by atoms with van der Waals surface area (Å²) in [6.07, 6.45) is 2.51. The Bertz CT molecular complexity index is 1200. The summed E-state index contributed by atoms with van der Waals surface area (Å²) in [7, 11) is 1.66. The van der Waals surface area contributed by atoms with Crippen LogP contribution in [0.25, 0.3) is 10.9 Å². The molecular formula is C26H29F2N3O2. The fourth-order valence-corrected chi connectivity index (χ4v) is 6.02. The van der Waals surface area contributed by atoms with Crippen molar-refractivity contribution in [2.24, 2.45) is 5.92 Å². The maximum absolute atomic E-state index is 14.3. The zero-order chi connectivity index (χ0) is 22.7. The molecule has 2 aliphatic heterocycles. The van der Waals surface area contributed by atoms with Gasteiger partial charge in [-0.1, -0.05) is 0 Å². The molecule has 1 spiro atoms. The van der Waals surface area contributed by atoms with Gasteiger partial charge in [-0.2, -0.15) is 0 Å². The van der Waals surface area contributed by atoms with Crippen molar-refractivity contribution in [3.05, 3.63) is 64.9 Å². The zero-order valence-electron chi connectivity index (χ0n) is 18.8. The molecule has 174 valence electrons. The Morgan fingerprint density at radius 2 is 1.94 bits per heavy atom. The highest BCUT2D eigenvalue weighted by Crippen LogP contribution is 2.49. The van der Waals surface area contributed by atoms with Gasteiger partial charge in [0.15, 0.2) is 0 Å². The number of rotatable bonds is 6. The first-order valence-corrected chi connectivity index (χ1v) is 11.7. The number of hydrogen-bond acceptors (Lipinski definition) is 4. The Morgan fingerprint density at radius 1 is 1.12 bits per heavy atom. The molecule has 2 N–H and O–H groups in total. The Labute approximate surface area is 191 Å². The van der Waals surface area contributed by atoms with Crippen LogP contribution in [0.3, 0.4) is 0 Å². The van der Waals surface area contributed by atoms with Crippen LogP contribution in [0.15, 0.2) is 36.4 Å². The summed E-state index contributed by atoms with van der Waals surface area (Å²) >= 11 is 0. The molecule has 5 nitrogen and oxygen atoms in total. The smallest absolute Gasteiger partial charge is 0.127 e. The SMILES string of the molecule is COc1ccc2c3c([nH]c2c1)[C@H](CO)N(CC1CC1)CC31CN(Cc2cc(F)ccc2F)C1. The van der Waals surface area contributed by atoms with E-state index >= 15 is 0 Å². The number of ether oxygens (including phenoxy) is 1. The summed E-state index contributed by atoms with van der Waals surface area (Å²) in [5.41, 5.74) is 3.66. The molecule has 1 atom stereocenters. The van der Waals surface area contributed by atoms with E-state index in [0.29, 0.717) is 18.0 Å². The maximum Gasteiger partial charge on any atom is 0.127 e. The number of aliphatic hydroxyl groups excluding tert-OH is 1. The van der Waals surface area contributed by atoms with Crippen molar-refractivity contribution in [2.75, 3.05) is 39.9 Å². The van der Waals surface area contributed by atoms with Gasteiger partial charge in [-0.25, -0.2) is 8.78 Å². The van der Waals surface area contributed by atoms with Crippen molar-refractivity contribution in [2.45, 2.75) is 30.8 Å². The normalized spacial score (nSPS) is 22.5. The molecule has 3 heterocycles. The van der Waals surface area contributed by atoms with Gasteiger partial charge in [-0.15, -0.1) is 0 Å². The van der Waals surface area contributed by atoms with E-state index in [-0.39, 0.29) is 23.9 Å². The summed E-state index contributed by atoms with van der Waals surface area (Å²) in [5, 5.41) is 11.5. The number of fused-ring (bicyclic) bond motifs is 4. The number of aliphatic hydroxyl groups is 1. The van der Waals surface area contributed by atoms with Gasteiger partial charge in [0, 0.05) is 66.4 Å². The summed E-state index contributed by atoms with van der Waals surface area (Å²) in [5.74, 6) is 0.729. The van der Waals surface area contributed by atoms with Gasteiger partial charge in [0.2, 0.25) is 0 Å². The number of halogens is 2. The van der Waals surface area contributed by atoms with Crippen LogP contribution in [0.1, 0.15) is 35.7 Å². The molecule has 3 aliphatic rings. The van der Waals surface area contributed by atoms with E-state index in [0.717, 1.165) is 54.6 Å². The molecule has 6 rings (SSSR count). The van der Waals surface area contributed by atoms with Gasteiger partial charge in [0.25, 0.3) is 0 Å². The van der Waals surface area contributed by atoms with Gasteiger partial charge < -0.3 is 14.8 Å². The van der Waals surface area contributed by atoms with Gasteiger partial charge in [-0.3, -0.25) is 9.80 Å². The van der Waals surface area contributed by atoms with Crippen LogP contribution in [0.5, 0.6) is 5.75 Å². The molecule has 0 unspecified atom stereocenters. The predicted molar refractivity (Wildman–Crippen MR) is 122 cm³/mol. The van der Waals surface area contributed by atoms with E-state index < -0.39 is 5.82 Å². The zero-order valence-corrected chi connectivity index (χ0v) is 18.8. The monoisotopic (exact) mass is 453 g/mol. The second-order valence-corrected chi connectivity index (χ2v) is 10.1. The summed E-state index contributed by atoms with van der Waals surface area (Å²) < 4.78 is 33.4. The third-order valence-electron chi connectivity index (χ3n) is 7.66. The Hall–Kier alpha value is -2.48. The van der Waals surface area contributed by atoms with E-state index in [1.165, 1.54) is 30.5 Å². The highest BCUT2D eigenvalue weighted by Gasteiger charge is 2.53. The minimum atomic E-state index is -0.409. The average molecular weight is 454 g/mol. The second-order valence-electron chi connectivity index (χ2n) is 10.1. The largest absolute Gasteiger partial charge is 0.497 e.